The zero-order valence-electron chi connectivity index (χ0n) is 14.4. The number of benzene rings is 1. The number of hydrogen-bond donors (Lipinski definition) is 1. The maximum atomic E-state index is 12.4. The van der Waals surface area contributed by atoms with E-state index in [2.05, 4.69) is 20.6 Å². The molecule has 0 spiro atoms. The molecule has 0 aliphatic heterocycles. The number of carbonyl (C=O) groups is 1. The van der Waals surface area contributed by atoms with Crippen LogP contribution in [0.5, 0.6) is 5.75 Å². The molecule has 0 unspecified atom stereocenters. The van der Waals surface area contributed by atoms with E-state index in [4.69, 9.17) is 4.74 Å². The van der Waals surface area contributed by atoms with Gasteiger partial charge in [-0.25, -0.2) is 0 Å². The highest BCUT2D eigenvalue weighted by Gasteiger charge is 2.14. The largest absolute Gasteiger partial charge is 0.495 e. The molecule has 2 heterocycles. The SMILES string of the molecule is CCN(CC(=O)Nc1ccccc1OC)c1ccc2nnc(C)n2n1. The number of para-hydroxylation sites is 2. The average molecular weight is 340 g/mol. The van der Waals surface area contributed by atoms with E-state index in [0.29, 0.717) is 35.3 Å². The summed E-state index contributed by atoms with van der Waals surface area (Å²) in [5.74, 6) is 1.87. The van der Waals surface area contributed by atoms with Crippen molar-refractivity contribution in [1.29, 1.82) is 0 Å². The summed E-state index contributed by atoms with van der Waals surface area (Å²) in [5.41, 5.74) is 1.32. The second-order valence-electron chi connectivity index (χ2n) is 5.47. The molecule has 3 rings (SSSR count). The predicted octanol–water partition coefficient (Wildman–Crippen LogP) is 1.91. The Balaban J connectivity index is 1.76. The molecule has 3 aromatic rings. The van der Waals surface area contributed by atoms with Gasteiger partial charge in [0.25, 0.3) is 0 Å². The normalized spacial score (nSPS) is 10.7. The lowest BCUT2D eigenvalue weighted by Gasteiger charge is -2.21. The second kappa shape index (κ2) is 7.16. The quantitative estimate of drug-likeness (QED) is 0.738. The molecule has 130 valence electrons. The van der Waals surface area contributed by atoms with E-state index in [1.807, 2.05) is 43.0 Å². The molecule has 0 bridgehead atoms. The summed E-state index contributed by atoms with van der Waals surface area (Å²) in [7, 11) is 1.57. The van der Waals surface area contributed by atoms with Crippen molar-refractivity contribution in [2.75, 3.05) is 30.4 Å². The number of methoxy groups -OCH3 is 1. The monoisotopic (exact) mass is 340 g/mol. The summed E-state index contributed by atoms with van der Waals surface area (Å²) in [5, 5.41) is 15.4. The number of rotatable bonds is 6. The summed E-state index contributed by atoms with van der Waals surface area (Å²) < 4.78 is 6.92. The lowest BCUT2D eigenvalue weighted by molar-refractivity contribution is -0.115. The highest BCUT2D eigenvalue weighted by molar-refractivity contribution is 5.95. The van der Waals surface area contributed by atoms with Crippen molar-refractivity contribution in [3.05, 3.63) is 42.2 Å². The van der Waals surface area contributed by atoms with Gasteiger partial charge in [-0.1, -0.05) is 12.1 Å². The Kier molecular flexibility index (Phi) is 4.78. The molecule has 25 heavy (non-hydrogen) atoms. The van der Waals surface area contributed by atoms with Crippen LogP contribution in [0.25, 0.3) is 5.65 Å². The fourth-order valence-electron chi connectivity index (χ4n) is 2.52. The third-order valence-corrected chi connectivity index (χ3v) is 3.83. The lowest BCUT2D eigenvalue weighted by atomic mass is 10.3. The highest BCUT2D eigenvalue weighted by Crippen LogP contribution is 2.23. The van der Waals surface area contributed by atoms with Crippen molar-refractivity contribution in [3.63, 3.8) is 0 Å². The van der Waals surface area contributed by atoms with E-state index in [1.54, 1.807) is 23.8 Å². The molecule has 2 aromatic heterocycles. The van der Waals surface area contributed by atoms with Crippen molar-refractivity contribution in [3.8, 4) is 5.75 Å². The number of fused-ring (bicyclic) bond motifs is 1. The molecule has 0 saturated heterocycles. The molecule has 1 amide bonds. The van der Waals surface area contributed by atoms with Crippen LogP contribution in [0.2, 0.25) is 0 Å². The first kappa shape index (κ1) is 16.7. The van der Waals surface area contributed by atoms with Gasteiger partial charge in [0.1, 0.15) is 11.6 Å². The van der Waals surface area contributed by atoms with Crippen LogP contribution in [0, 0.1) is 6.92 Å². The molecule has 0 radical (unpaired) electrons. The molecule has 8 heteroatoms. The van der Waals surface area contributed by atoms with Crippen molar-refractivity contribution in [2.24, 2.45) is 0 Å². The molecule has 1 N–H and O–H groups in total. The van der Waals surface area contributed by atoms with Gasteiger partial charge in [-0.15, -0.1) is 15.3 Å². The second-order valence-corrected chi connectivity index (χ2v) is 5.47. The third kappa shape index (κ3) is 3.52. The van der Waals surface area contributed by atoms with Gasteiger partial charge in [0.15, 0.2) is 11.5 Å². The summed E-state index contributed by atoms with van der Waals surface area (Å²) in [4.78, 5) is 14.3. The van der Waals surface area contributed by atoms with Gasteiger partial charge in [0.05, 0.1) is 19.3 Å². The Morgan fingerprint density at radius 2 is 2.04 bits per heavy atom. The minimum Gasteiger partial charge on any atom is -0.495 e. The number of hydrogen-bond acceptors (Lipinski definition) is 6. The summed E-state index contributed by atoms with van der Waals surface area (Å²) in [6, 6.07) is 11.0. The first-order valence-corrected chi connectivity index (χ1v) is 7.99. The Hall–Kier alpha value is -3.16. The van der Waals surface area contributed by atoms with Crippen LogP contribution >= 0.6 is 0 Å². The van der Waals surface area contributed by atoms with Gasteiger partial charge in [-0.3, -0.25) is 4.79 Å². The maximum Gasteiger partial charge on any atom is 0.244 e. The molecule has 0 saturated carbocycles. The minimum absolute atomic E-state index is 0.145. The Morgan fingerprint density at radius 3 is 2.80 bits per heavy atom. The standard InChI is InChI=1S/C17H20N6O2/c1-4-22(16-10-9-15-20-19-12(2)23(15)21-16)11-17(24)18-13-7-5-6-8-14(13)25-3/h5-10H,4,11H2,1-3H3,(H,18,24). The number of anilines is 2. The average Bonchev–Trinajstić information content (AvgIpc) is 3.00. The molecule has 0 aliphatic rings. The number of aromatic nitrogens is 4. The predicted molar refractivity (Wildman–Crippen MR) is 95.0 cm³/mol. The van der Waals surface area contributed by atoms with Crippen molar-refractivity contribution in [1.82, 2.24) is 19.8 Å². The number of ether oxygens (including phenoxy) is 1. The van der Waals surface area contributed by atoms with Crippen LogP contribution in [0.15, 0.2) is 36.4 Å². The number of nitrogens with one attached hydrogen (secondary N) is 1. The van der Waals surface area contributed by atoms with Crippen LogP contribution in [0.3, 0.4) is 0 Å². The number of aryl methyl sites for hydroxylation is 1. The van der Waals surface area contributed by atoms with Gasteiger partial charge < -0.3 is 15.0 Å². The van der Waals surface area contributed by atoms with E-state index >= 15 is 0 Å². The first-order valence-electron chi connectivity index (χ1n) is 7.99. The van der Waals surface area contributed by atoms with Crippen LogP contribution < -0.4 is 15.0 Å². The van der Waals surface area contributed by atoms with Crippen LogP contribution in [-0.4, -0.2) is 45.9 Å². The Morgan fingerprint density at radius 1 is 1.24 bits per heavy atom. The third-order valence-electron chi connectivity index (χ3n) is 3.83. The van der Waals surface area contributed by atoms with Gasteiger partial charge in [0.2, 0.25) is 5.91 Å². The molecule has 8 nitrogen and oxygen atoms in total. The van der Waals surface area contributed by atoms with Gasteiger partial charge >= 0.3 is 0 Å². The first-order chi connectivity index (χ1) is 12.1. The Labute approximate surface area is 145 Å². The minimum atomic E-state index is -0.145. The number of carbonyl (C=O) groups excluding carboxylic acids is 1. The zero-order chi connectivity index (χ0) is 17.8. The van der Waals surface area contributed by atoms with E-state index in [9.17, 15) is 4.79 Å². The summed E-state index contributed by atoms with van der Waals surface area (Å²) in [6.45, 7) is 4.62. The van der Waals surface area contributed by atoms with Crippen LogP contribution in [0.1, 0.15) is 12.7 Å². The molecular formula is C17H20N6O2. The maximum absolute atomic E-state index is 12.4. The molecule has 0 aliphatic carbocycles. The zero-order valence-corrected chi connectivity index (χ0v) is 14.4. The van der Waals surface area contributed by atoms with Crippen LogP contribution in [-0.2, 0) is 4.79 Å². The van der Waals surface area contributed by atoms with E-state index in [-0.39, 0.29) is 12.5 Å². The van der Waals surface area contributed by atoms with Gasteiger partial charge in [0, 0.05) is 6.54 Å². The van der Waals surface area contributed by atoms with E-state index < -0.39 is 0 Å². The fourth-order valence-corrected chi connectivity index (χ4v) is 2.52. The Bertz CT molecular complexity index is 892. The van der Waals surface area contributed by atoms with Crippen molar-refractivity contribution >= 4 is 23.1 Å². The molecular weight excluding hydrogens is 320 g/mol. The van der Waals surface area contributed by atoms with E-state index in [0.717, 1.165) is 0 Å². The van der Waals surface area contributed by atoms with Gasteiger partial charge in [-0.2, -0.15) is 4.52 Å². The van der Waals surface area contributed by atoms with Crippen LogP contribution in [0.4, 0.5) is 11.5 Å². The lowest BCUT2D eigenvalue weighted by Crippen LogP contribution is -2.34. The molecule has 0 atom stereocenters. The summed E-state index contributed by atoms with van der Waals surface area (Å²) >= 11 is 0. The van der Waals surface area contributed by atoms with Crippen molar-refractivity contribution < 1.29 is 9.53 Å². The van der Waals surface area contributed by atoms with Gasteiger partial charge in [-0.05, 0) is 38.1 Å². The van der Waals surface area contributed by atoms with E-state index in [1.165, 1.54) is 0 Å². The topological polar surface area (TPSA) is 84.7 Å². The highest BCUT2D eigenvalue weighted by atomic mass is 16.5. The summed E-state index contributed by atoms with van der Waals surface area (Å²) in [6.07, 6.45) is 0. The molecule has 1 aromatic carbocycles. The number of nitrogens with zero attached hydrogens (tertiary/aromatic N) is 5. The number of likely N-dealkylation sites (N-methyl/N-ethyl adjacent to an activating group) is 1. The van der Waals surface area contributed by atoms with Crippen molar-refractivity contribution in [2.45, 2.75) is 13.8 Å². The smallest absolute Gasteiger partial charge is 0.244 e. The fraction of sp³-hybridized carbons (Fsp3) is 0.294. The molecule has 0 fully saturated rings. The number of amides is 1.